The van der Waals surface area contributed by atoms with E-state index in [1.54, 1.807) is 33.1 Å². The van der Waals surface area contributed by atoms with Crippen LogP contribution >= 0.6 is 11.8 Å². The summed E-state index contributed by atoms with van der Waals surface area (Å²) in [5.41, 5.74) is 2.39. The van der Waals surface area contributed by atoms with Crippen LogP contribution in [0.15, 0.2) is 64.8 Å². The first-order chi connectivity index (χ1) is 16.5. The number of hydrogen-bond acceptors (Lipinski definition) is 8. The standard InChI is InChI=1S/C25H29N3O5S/c1-5-32-19-13-9-7-11-17(19)23-22(24(30)33-6-2)16(3)26-25(28-23)34-15-21(29)27-18-12-8-10-14-20(18)31-4/h7-14,23H,5-6,15H2,1-4H3,(H,26,28)(H,27,29)/t23-/m1/s1. The van der Waals surface area contributed by atoms with Gasteiger partial charge in [0.25, 0.3) is 0 Å². The molecule has 34 heavy (non-hydrogen) atoms. The summed E-state index contributed by atoms with van der Waals surface area (Å²) >= 11 is 1.25. The number of nitrogens with one attached hydrogen (secondary N) is 2. The second kappa shape index (κ2) is 12.1. The number of anilines is 1. The van der Waals surface area contributed by atoms with Crippen molar-refractivity contribution in [2.45, 2.75) is 26.8 Å². The molecule has 0 bridgehead atoms. The number of carbonyl (C=O) groups excluding carboxylic acids is 2. The first kappa shape index (κ1) is 25.2. The molecule has 1 heterocycles. The van der Waals surface area contributed by atoms with E-state index in [1.165, 1.54) is 11.8 Å². The van der Waals surface area contributed by atoms with Crippen LogP contribution in [0.5, 0.6) is 11.5 Å². The zero-order chi connectivity index (χ0) is 24.5. The highest BCUT2D eigenvalue weighted by molar-refractivity contribution is 8.14. The quantitative estimate of drug-likeness (QED) is 0.513. The van der Waals surface area contributed by atoms with Crippen LogP contribution in [-0.4, -0.2) is 43.1 Å². The Morgan fingerprint density at radius 2 is 1.76 bits per heavy atom. The lowest BCUT2D eigenvalue weighted by atomic mass is 9.96. The molecule has 0 unspecified atom stereocenters. The smallest absolute Gasteiger partial charge is 0.338 e. The number of methoxy groups -OCH3 is 1. The highest BCUT2D eigenvalue weighted by atomic mass is 32.2. The molecular weight excluding hydrogens is 454 g/mol. The number of allylic oxidation sites excluding steroid dienone is 1. The first-order valence-corrected chi connectivity index (χ1v) is 12.0. The first-order valence-electron chi connectivity index (χ1n) is 11.0. The molecule has 0 aliphatic carbocycles. The normalized spacial score (nSPS) is 15.2. The molecule has 0 fully saturated rings. The van der Waals surface area contributed by atoms with E-state index in [0.29, 0.717) is 40.2 Å². The van der Waals surface area contributed by atoms with Gasteiger partial charge in [-0.1, -0.05) is 42.1 Å². The largest absolute Gasteiger partial charge is 0.495 e. The van der Waals surface area contributed by atoms with Gasteiger partial charge in [-0.2, -0.15) is 0 Å². The van der Waals surface area contributed by atoms with Crippen molar-refractivity contribution in [2.24, 2.45) is 4.99 Å². The molecule has 8 nitrogen and oxygen atoms in total. The Morgan fingerprint density at radius 1 is 1.06 bits per heavy atom. The van der Waals surface area contributed by atoms with Crippen LogP contribution in [-0.2, 0) is 14.3 Å². The van der Waals surface area contributed by atoms with Gasteiger partial charge in [0.1, 0.15) is 17.5 Å². The van der Waals surface area contributed by atoms with Gasteiger partial charge in [-0.3, -0.25) is 4.79 Å². The number of benzene rings is 2. The summed E-state index contributed by atoms with van der Waals surface area (Å²) < 4.78 is 16.4. The average molecular weight is 484 g/mol. The van der Waals surface area contributed by atoms with Crippen molar-refractivity contribution < 1.29 is 23.8 Å². The molecule has 0 aromatic heterocycles. The van der Waals surface area contributed by atoms with Crippen LogP contribution in [0.25, 0.3) is 0 Å². The maximum absolute atomic E-state index is 12.8. The fourth-order valence-electron chi connectivity index (χ4n) is 3.48. The molecule has 0 spiro atoms. The van der Waals surface area contributed by atoms with E-state index < -0.39 is 12.0 Å². The third kappa shape index (κ3) is 6.11. The molecule has 9 heteroatoms. The number of carbonyl (C=O) groups is 2. The lowest BCUT2D eigenvalue weighted by Crippen LogP contribution is -2.31. The van der Waals surface area contributed by atoms with E-state index in [2.05, 4.69) is 10.6 Å². The number of amidine groups is 1. The Bertz CT molecular complexity index is 1100. The number of hydrogen-bond donors (Lipinski definition) is 2. The number of thioether (sulfide) groups is 1. The van der Waals surface area contributed by atoms with Crippen molar-refractivity contribution in [2.75, 3.05) is 31.4 Å². The number of ether oxygens (including phenoxy) is 3. The Kier molecular flexibility index (Phi) is 8.98. The van der Waals surface area contributed by atoms with Crippen LogP contribution in [0.3, 0.4) is 0 Å². The summed E-state index contributed by atoms with van der Waals surface area (Å²) in [6, 6.07) is 14.1. The number of para-hydroxylation sites is 3. The van der Waals surface area contributed by atoms with E-state index in [4.69, 9.17) is 19.2 Å². The van der Waals surface area contributed by atoms with Crippen molar-refractivity contribution in [1.29, 1.82) is 0 Å². The second-order valence-electron chi connectivity index (χ2n) is 7.23. The van der Waals surface area contributed by atoms with Crippen molar-refractivity contribution in [3.8, 4) is 11.5 Å². The molecule has 0 saturated carbocycles. The van der Waals surface area contributed by atoms with Gasteiger partial charge < -0.3 is 24.8 Å². The van der Waals surface area contributed by atoms with Gasteiger partial charge in [-0.15, -0.1) is 0 Å². The topological polar surface area (TPSA) is 98.2 Å². The minimum absolute atomic E-state index is 0.117. The van der Waals surface area contributed by atoms with Crippen molar-refractivity contribution >= 4 is 34.5 Å². The van der Waals surface area contributed by atoms with Gasteiger partial charge in [0.05, 0.1) is 37.3 Å². The summed E-state index contributed by atoms with van der Waals surface area (Å²) in [5.74, 6) is 0.702. The average Bonchev–Trinajstić information content (AvgIpc) is 2.83. The van der Waals surface area contributed by atoms with Crippen LogP contribution in [0.1, 0.15) is 32.4 Å². The lowest BCUT2D eigenvalue weighted by molar-refractivity contribution is -0.139. The van der Waals surface area contributed by atoms with Crippen LogP contribution in [0, 0.1) is 0 Å². The molecule has 1 aliphatic heterocycles. The zero-order valence-corrected chi connectivity index (χ0v) is 20.5. The predicted molar refractivity (Wildman–Crippen MR) is 134 cm³/mol. The molecule has 0 saturated heterocycles. The minimum Gasteiger partial charge on any atom is -0.495 e. The number of esters is 1. The van der Waals surface area contributed by atoms with Gasteiger partial charge in [0.15, 0.2) is 5.17 Å². The molecule has 2 N–H and O–H groups in total. The second-order valence-corrected chi connectivity index (χ2v) is 8.19. The van der Waals surface area contributed by atoms with Crippen LogP contribution < -0.4 is 20.1 Å². The molecule has 3 rings (SSSR count). The molecule has 1 atom stereocenters. The lowest BCUT2D eigenvalue weighted by Gasteiger charge is -2.26. The van der Waals surface area contributed by atoms with Gasteiger partial charge in [0, 0.05) is 11.3 Å². The van der Waals surface area contributed by atoms with E-state index in [-0.39, 0.29) is 18.3 Å². The molecule has 2 aromatic rings. The molecular formula is C25H29N3O5S. The Hall–Kier alpha value is -3.46. The monoisotopic (exact) mass is 483 g/mol. The van der Waals surface area contributed by atoms with Crippen LogP contribution in [0.4, 0.5) is 5.69 Å². The van der Waals surface area contributed by atoms with E-state index in [1.807, 2.05) is 43.3 Å². The fourth-order valence-corrected chi connectivity index (χ4v) is 4.23. The SMILES string of the molecule is CCOC(=O)C1=C(C)NC(SCC(=O)Nc2ccccc2OC)=N[C@@H]1c1ccccc1OCC. The molecule has 0 radical (unpaired) electrons. The summed E-state index contributed by atoms with van der Waals surface area (Å²) in [5, 5.41) is 6.52. The molecule has 180 valence electrons. The number of nitrogens with zero attached hydrogens (tertiary/aromatic N) is 1. The summed E-state index contributed by atoms with van der Waals surface area (Å²) in [4.78, 5) is 30.1. The zero-order valence-electron chi connectivity index (χ0n) is 19.7. The van der Waals surface area contributed by atoms with Gasteiger partial charge >= 0.3 is 5.97 Å². The Labute approximate surface area is 203 Å². The van der Waals surface area contributed by atoms with Gasteiger partial charge in [0.2, 0.25) is 5.91 Å². The Morgan fingerprint density at radius 3 is 2.47 bits per heavy atom. The van der Waals surface area contributed by atoms with Crippen LogP contribution in [0.2, 0.25) is 0 Å². The highest BCUT2D eigenvalue weighted by Crippen LogP contribution is 2.37. The third-order valence-electron chi connectivity index (χ3n) is 4.95. The van der Waals surface area contributed by atoms with E-state index in [0.717, 1.165) is 5.56 Å². The maximum Gasteiger partial charge on any atom is 0.338 e. The van der Waals surface area contributed by atoms with E-state index in [9.17, 15) is 9.59 Å². The van der Waals surface area contributed by atoms with E-state index >= 15 is 0 Å². The fraction of sp³-hybridized carbons (Fsp3) is 0.320. The van der Waals surface area contributed by atoms with Crippen molar-refractivity contribution in [1.82, 2.24) is 5.32 Å². The summed E-state index contributed by atoms with van der Waals surface area (Å²) in [6.07, 6.45) is 0. The molecule has 2 aromatic carbocycles. The number of aliphatic imine (C=N–C) groups is 1. The van der Waals surface area contributed by atoms with Crippen molar-refractivity contribution in [3.63, 3.8) is 0 Å². The molecule has 1 amide bonds. The predicted octanol–water partition coefficient (Wildman–Crippen LogP) is 4.30. The summed E-state index contributed by atoms with van der Waals surface area (Å²) in [6.45, 7) is 6.19. The Balaban J connectivity index is 1.83. The minimum atomic E-state index is -0.622. The van der Waals surface area contributed by atoms with Crippen molar-refractivity contribution in [3.05, 3.63) is 65.4 Å². The molecule has 1 aliphatic rings. The van der Waals surface area contributed by atoms with Gasteiger partial charge in [-0.05, 0) is 39.0 Å². The van der Waals surface area contributed by atoms with Gasteiger partial charge in [-0.25, -0.2) is 9.79 Å². The maximum atomic E-state index is 12.8. The number of amides is 1. The third-order valence-corrected chi connectivity index (χ3v) is 5.84. The number of rotatable bonds is 9. The highest BCUT2D eigenvalue weighted by Gasteiger charge is 2.32. The summed E-state index contributed by atoms with van der Waals surface area (Å²) in [7, 11) is 1.55.